The second-order valence-electron chi connectivity index (χ2n) is 6.95. The zero-order valence-electron chi connectivity index (χ0n) is 15.4. The van der Waals surface area contributed by atoms with Gasteiger partial charge in [-0.1, -0.05) is 6.92 Å². The Balaban J connectivity index is 1.72. The lowest BCUT2D eigenvalue weighted by Crippen LogP contribution is -2.36. The van der Waals surface area contributed by atoms with Gasteiger partial charge in [0.25, 0.3) is 5.91 Å². The average Bonchev–Trinajstić information content (AvgIpc) is 3.21. The van der Waals surface area contributed by atoms with E-state index in [1.165, 1.54) is 0 Å². The lowest BCUT2D eigenvalue weighted by Gasteiger charge is -2.25. The van der Waals surface area contributed by atoms with Gasteiger partial charge in [0, 0.05) is 44.3 Å². The minimum absolute atomic E-state index is 0.0177. The highest BCUT2D eigenvalue weighted by Crippen LogP contribution is 2.28. The molecule has 2 atom stereocenters. The van der Waals surface area contributed by atoms with Crippen molar-refractivity contribution >= 4 is 27.5 Å². The molecule has 0 aliphatic carbocycles. The summed E-state index contributed by atoms with van der Waals surface area (Å²) in [5.74, 6) is 0.329. The summed E-state index contributed by atoms with van der Waals surface area (Å²) in [5, 5.41) is 19.9. The Bertz CT molecular complexity index is 764. The molecular formula is C19H27N3O3S. The maximum atomic E-state index is 13.0. The molecule has 1 aromatic carbocycles. The van der Waals surface area contributed by atoms with Gasteiger partial charge in [0.2, 0.25) is 0 Å². The van der Waals surface area contributed by atoms with Crippen molar-refractivity contribution in [3.05, 3.63) is 28.8 Å². The molecule has 0 spiro atoms. The molecule has 2 N–H and O–H groups in total. The third-order valence-electron chi connectivity index (χ3n) is 5.20. The summed E-state index contributed by atoms with van der Waals surface area (Å²) >= 11 is 1.60. The zero-order valence-corrected chi connectivity index (χ0v) is 16.2. The molecule has 26 heavy (non-hydrogen) atoms. The first-order chi connectivity index (χ1) is 12.5. The van der Waals surface area contributed by atoms with Crippen LogP contribution in [0.25, 0.3) is 10.2 Å². The van der Waals surface area contributed by atoms with E-state index in [0.29, 0.717) is 25.2 Å². The largest absolute Gasteiger partial charge is 0.396 e. The van der Waals surface area contributed by atoms with Gasteiger partial charge in [-0.05, 0) is 37.6 Å². The number of amides is 1. The third kappa shape index (κ3) is 4.06. The standard InChI is InChI=1S/C19H27N3O3S/c1-3-21(6-7-23)9-15-10-22(11-16(15)12-24)19(25)14-4-5-17-18(8-14)26-13(2)20-17/h4-5,8,15-16,23-24H,3,6-7,9-12H2,1-2H3. The molecular weight excluding hydrogens is 350 g/mol. The molecule has 1 aromatic heterocycles. The Kier molecular flexibility index (Phi) is 6.24. The van der Waals surface area contributed by atoms with E-state index < -0.39 is 0 Å². The number of likely N-dealkylation sites (tertiary alicyclic amines) is 1. The topological polar surface area (TPSA) is 76.9 Å². The van der Waals surface area contributed by atoms with Gasteiger partial charge in [0.1, 0.15) is 0 Å². The van der Waals surface area contributed by atoms with E-state index >= 15 is 0 Å². The maximum Gasteiger partial charge on any atom is 0.253 e. The molecule has 7 heteroatoms. The van der Waals surface area contributed by atoms with Crippen LogP contribution in [0.4, 0.5) is 0 Å². The van der Waals surface area contributed by atoms with Gasteiger partial charge < -0.3 is 20.0 Å². The van der Waals surface area contributed by atoms with E-state index in [1.807, 2.05) is 30.0 Å². The Morgan fingerprint density at radius 2 is 2.12 bits per heavy atom. The van der Waals surface area contributed by atoms with Crippen LogP contribution >= 0.6 is 11.3 Å². The van der Waals surface area contributed by atoms with Gasteiger partial charge in [-0.15, -0.1) is 11.3 Å². The van der Waals surface area contributed by atoms with Gasteiger partial charge >= 0.3 is 0 Å². The van der Waals surface area contributed by atoms with E-state index in [-0.39, 0.29) is 31.0 Å². The molecule has 2 aromatic rings. The highest BCUT2D eigenvalue weighted by atomic mass is 32.1. The predicted octanol–water partition coefficient (Wildman–Crippen LogP) is 1.60. The quantitative estimate of drug-likeness (QED) is 0.766. The van der Waals surface area contributed by atoms with Crippen LogP contribution in [0.3, 0.4) is 0 Å². The fourth-order valence-corrected chi connectivity index (χ4v) is 4.59. The van der Waals surface area contributed by atoms with Gasteiger partial charge in [-0.3, -0.25) is 4.79 Å². The lowest BCUT2D eigenvalue weighted by atomic mass is 9.96. The number of aliphatic hydroxyl groups excluding tert-OH is 2. The number of aliphatic hydroxyl groups is 2. The van der Waals surface area contributed by atoms with Crippen LogP contribution in [0.5, 0.6) is 0 Å². The smallest absolute Gasteiger partial charge is 0.253 e. The summed E-state index contributed by atoms with van der Waals surface area (Å²) in [5.41, 5.74) is 1.61. The summed E-state index contributed by atoms with van der Waals surface area (Å²) in [6.07, 6.45) is 0. The van der Waals surface area contributed by atoms with Gasteiger partial charge in [0.05, 0.1) is 21.8 Å². The van der Waals surface area contributed by atoms with Crippen LogP contribution in [-0.2, 0) is 0 Å². The van der Waals surface area contributed by atoms with E-state index in [4.69, 9.17) is 0 Å². The number of hydrogen-bond donors (Lipinski definition) is 2. The Hall–Kier alpha value is -1.54. The number of aromatic nitrogens is 1. The maximum absolute atomic E-state index is 13.0. The van der Waals surface area contributed by atoms with Crippen LogP contribution in [0.15, 0.2) is 18.2 Å². The minimum atomic E-state index is 0.0177. The summed E-state index contributed by atoms with van der Waals surface area (Å²) in [7, 11) is 0. The Labute approximate surface area is 158 Å². The van der Waals surface area contributed by atoms with E-state index in [0.717, 1.165) is 28.3 Å². The van der Waals surface area contributed by atoms with Crippen LogP contribution in [0.2, 0.25) is 0 Å². The molecule has 3 rings (SSSR count). The summed E-state index contributed by atoms with van der Waals surface area (Å²) < 4.78 is 1.03. The number of fused-ring (bicyclic) bond motifs is 1. The number of carbonyl (C=O) groups is 1. The number of hydrogen-bond acceptors (Lipinski definition) is 6. The molecule has 0 radical (unpaired) electrons. The SMILES string of the molecule is CCN(CCO)CC1CN(C(=O)c2ccc3nc(C)sc3c2)CC1CO. The van der Waals surface area contributed by atoms with Crippen LogP contribution in [0.1, 0.15) is 22.3 Å². The number of likely N-dealkylation sites (N-methyl/N-ethyl adjacent to an activating group) is 1. The average molecular weight is 378 g/mol. The summed E-state index contributed by atoms with van der Waals surface area (Å²) in [6.45, 7) is 7.73. The van der Waals surface area contributed by atoms with Crippen molar-refractivity contribution in [1.29, 1.82) is 0 Å². The highest BCUT2D eigenvalue weighted by molar-refractivity contribution is 7.18. The van der Waals surface area contributed by atoms with Crippen LogP contribution in [0, 0.1) is 18.8 Å². The first-order valence-electron chi connectivity index (χ1n) is 9.16. The van der Waals surface area contributed by atoms with Crippen molar-refractivity contribution in [2.24, 2.45) is 11.8 Å². The number of aryl methyl sites for hydroxylation is 1. The van der Waals surface area contributed by atoms with E-state index in [1.54, 1.807) is 11.3 Å². The van der Waals surface area contributed by atoms with Gasteiger partial charge in [-0.2, -0.15) is 0 Å². The number of carbonyl (C=O) groups excluding carboxylic acids is 1. The Morgan fingerprint density at radius 1 is 1.35 bits per heavy atom. The molecule has 2 unspecified atom stereocenters. The van der Waals surface area contributed by atoms with Crippen molar-refractivity contribution in [1.82, 2.24) is 14.8 Å². The molecule has 142 valence electrons. The summed E-state index contributed by atoms with van der Waals surface area (Å²) in [6, 6.07) is 5.67. The van der Waals surface area contributed by atoms with Crippen LogP contribution < -0.4 is 0 Å². The lowest BCUT2D eigenvalue weighted by molar-refractivity contribution is 0.0778. The second kappa shape index (κ2) is 8.43. The fraction of sp³-hybridized carbons (Fsp3) is 0.579. The number of rotatable bonds is 7. The molecule has 6 nitrogen and oxygen atoms in total. The third-order valence-corrected chi connectivity index (χ3v) is 6.13. The molecule has 1 aliphatic heterocycles. The molecule has 0 saturated carbocycles. The van der Waals surface area contributed by atoms with Gasteiger partial charge in [0.15, 0.2) is 0 Å². The second-order valence-corrected chi connectivity index (χ2v) is 8.18. The Morgan fingerprint density at radius 3 is 2.81 bits per heavy atom. The first-order valence-corrected chi connectivity index (χ1v) is 9.97. The molecule has 1 aliphatic rings. The van der Waals surface area contributed by atoms with Crippen molar-refractivity contribution in [2.45, 2.75) is 13.8 Å². The molecule has 0 bridgehead atoms. The highest BCUT2D eigenvalue weighted by Gasteiger charge is 2.35. The molecule has 1 amide bonds. The molecule has 1 saturated heterocycles. The van der Waals surface area contributed by atoms with Crippen molar-refractivity contribution < 1.29 is 15.0 Å². The molecule has 2 heterocycles. The monoisotopic (exact) mass is 377 g/mol. The number of nitrogens with zero attached hydrogens (tertiary/aromatic N) is 3. The first kappa shape index (κ1) is 19.2. The minimum Gasteiger partial charge on any atom is -0.396 e. The van der Waals surface area contributed by atoms with E-state index in [2.05, 4.69) is 16.8 Å². The van der Waals surface area contributed by atoms with Crippen molar-refractivity contribution in [2.75, 3.05) is 45.9 Å². The summed E-state index contributed by atoms with van der Waals surface area (Å²) in [4.78, 5) is 21.4. The zero-order chi connectivity index (χ0) is 18.7. The van der Waals surface area contributed by atoms with Gasteiger partial charge in [-0.25, -0.2) is 4.98 Å². The normalized spacial score (nSPS) is 20.4. The van der Waals surface area contributed by atoms with Crippen molar-refractivity contribution in [3.8, 4) is 0 Å². The van der Waals surface area contributed by atoms with Crippen molar-refractivity contribution in [3.63, 3.8) is 0 Å². The predicted molar refractivity (Wildman–Crippen MR) is 104 cm³/mol. The number of benzene rings is 1. The molecule has 1 fully saturated rings. The number of thiazole rings is 1. The van der Waals surface area contributed by atoms with E-state index in [9.17, 15) is 15.0 Å². The fourth-order valence-electron chi connectivity index (χ4n) is 3.73. The van der Waals surface area contributed by atoms with Crippen LogP contribution in [-0.4, -0.2) is 76.8 Å².